The van der Waals surface area contributed by atoms with Gasteiger partial charge in [-0.3, -0.25) is 4.79 Å². The molecule has 0 saturated carbocycles. The largest absolute Gasteiger partial charge is 0.497 e. The average molecular weight is 386 g/mol. The normalized spacial score (nSPS) is 10.9. The number of hydrogen-bond acceptors (Lipinski definition) is 3. The summed E-state index contributed by atoms with van der Waals surface area (Å²) in [7, 11) is 1.66. The van der Waals surface area contributed by atoms with E-state index in [9.17, 15) is 4.79 Å². The summed E-state index contributed by atoms with van der Waals surface area (Å²) < 4.78 is 7.39. The van der Waals surface area contributed by atoms with Crippen LogP contribution in [0.5, 0.6) is 5.75 Å². The molecule has 0 aliphatic carbocycles. The van der Waals surface area contributed by atoms with E-state index in [1.807, 2.05) is 42.7 Å². The zero-order chi connectivity index (χ0) is 20.2. The Kier molecular flexibility index (Phi) is 5.29. The number of fused-ring (bicyclic) bond motifs is 1. The molecule has 5 nitrogen and oxygen atoms in total. The van der Waals surface area contributed by atoms with Crippen LogP contribution in [0.4, 0.5) is 0 Å². The zero-order valence-corrected chi connectivity index (χ0v) is 16.2. The van der Waals surface area contributed by atoms with E-state index in [2.05, 4.69) is 39.9 Å². The molecule has 5 heteroatoms. The number of aliphatic carboxylic acids is 1. The molecule has 3 aromatic carbocycles. The molecule has 0 saturated heterocycles. The fourth-order valence-electron chi connectivity index (χ4n) is 3.55. The molecule has 0 aliphatic heterocycles. The van der Waals surface area contributed by atoms with Crippen LogP contribution in [0.3, 0.4) is 0 Å². The van der Waals surface area contributed by atoms with Gasteiger partial charge in [-0.15, -0.1) is 0 Å². The van der Waals surface area contributed by atoms with Crippen LogP contribution in [0.15, 0.2) is 73.1 Å². The fourth-order valence-corrected chi connectivity index (χ4v) is 3.55. The van der Waals surface area contributed by atoms with Crippen LogP contribution < -0.4 is 4.74 Å². The number of hydrogen-bond donors (Lipinski definition) is 1. The van der Waals surface area contributed by atoms with Crippen molar-refractivity contribution in [2.24, 2.45) is 0 Å². The lowest BCUT2D eigenvalue weighted by Crippen LogP contribution is -2.00. The number of carboxylic acids is 1. The molecule has 1 N–H and O–H groups in total. The molecule has 4 rings (SSSR count). The second-order valence-corrected chi connectivity index (χ2v) is 6.99. The number of ether oxygens (including phenoxy) is 1. The maximum atomic E-state index is 10.9. The summed E-state index contributed by atoms with van der Waals surface area (Å²) in [5, 5.41) is 8.96. The van der Waals surface area contributed by atoms with E-state index in [4.69, 9.17) is 9.84 Å². The second-order valence-electron chi connectivity index (χ2n) is 6.99. The number of methoxy groups -OCH3 is 1. The standard InChI is InChI=1S/C24H22N2O3/c1-29-20-11-8-18(9-12-20)15-26-16-25-22-7-3-6-21(24(22)26)19-5-2-4-17(14-19)10-13-23(27)28/h2-9,11-12,14,16H,10,13,15H2,1H3,(H,27,28). The summed E-state index contributed by atoms with van der Waals surface area (Å²) in [6.45, 7) is 0.705. The van der Waals surface area contributed by atoms with Gasteiger partial charge in [0.05, 0.1) is 24.5 Å². The van der Waals surface area contributed by atoms with Crippen molar-refractivity contribution in [3.05, 3.63) is 84.2 Å². The molecule has 0 radical (unpaired) electrons. The van der Waals surface area contributed by atoms with Gasteiger partial charge in [0.15, 0.2) is 0 Å². The maximum absolute atomic E-state index is 10.9. The minimum absolute atomic E-state index is 0.128. The van der Waals surface area contributed by atoms with Crippen molar-refractivity contribution in [1.29, 1.82) is 0 Å². The fraction of sp³-hybridized carbons (Fsp3) is 0.167. The Morgan fingerprint density at radius 1 is 1.03 bits per heavy atom. The Hall–Kier alpha value is -3.60. The zero-order valence-electron chi connectivity index (χ0n) is 16.2. The molecule has 0 amide bonds. The average Bonchev–Trinajstić information content (AvgIpc) is 3.16. The van der Waals surface area contributed by atoms with Crippen LogP contribution in [0.25, 0.3) is 22.2 Å². The monoisotopic (exact) mass is 386 g/mol. The topological polar surface area (TPSA) is 64.4 Å². The van der Waals surface area contributed by atoms with E-state index in [0.717, 1.165) is 39.0 Å². The van der Waals surface area contributed by atoms with E-state index in [1.165, 1.54) is 0 Å². The number of aryl methyl sites for hydroxylation is 1. The summed E-state index contributed by atoms with van der Waals surface area (Å²) >= 11 is 0. The number of carbonyl (C=O) groups is 1. The van der Waals surface area contributed by atoms with Crippen LogP contribution in [0.1, 0.15) is 17.5 Å². The van der Waals surface area contributed by atoms with E-state index >= 15 is 0 Å². The lowest BCUT2D eigenvalue weighted by atomic mass is 9.99. The van der Waals surface area contributed by atoms with Crippen molar-refractivity contribution in [3.8, 4) is 16.9 Å². The molecule has 1 heterocycles. The molecule has 0 atom stereocenters. The highest BCUT2D eigenvalue weighted by molar-refractivity contribution is 5.92. The Labute approximate surface area is 169 Å². The summed E-state index contributed by atoms with van der Waals surface area (Å²) in [5.41, 5.74) is 6.34. The summed E-state index contributed by atoms with van der Waals surface area (Å²) in [6.07, 6.45) is 2.51. The first-order chi connectivity index (χ1) is 14.1. The van der Waals surface area contributed by atoms with Gasteiger partial charge in [-0.05, 0) is 41.3 Å². The molecule has 4 aromatic rings. The molecule has 1 aromatic heterocycles. The van der Waals surface area contributed by atoms with Gasteiger partial charge in [0.25, 0.3) is 0 Å². The van der Waals surface area contributed by atoms with Gasteiger partial charge in [0.1, 0.15) is 5.75 Å². The van der Waals surface area contributed by atoms with E-state index < -0.39 is 5.97 Å². The van der Waals surface area contributed by atoms with Gasteiger partial charge < -0.3 is 14.4 Å². The van der Waals surface area contributed by atoms with Gasteiger partial charge in [-0.25, -0.2) is 4.98 Å². The van der Waals surface area contributed by atoms with Crippen molar-refractivity contribution >= 4 is 17.0 Å². The predicted octanol–water partition coefficient (Wildman–Crippen LogP) is 4.78. The van der Waals surface area contributed by atoms with Crippen LogP contribution in [0.2, 0.25) is 0 Å². The predicted molar refractivity (Wildman–Crippen MR) is 113 cm³/mol. The highest BCUT2D eigenvalue weighted by Crippen LogP contribution is 2.29. The van der Waals surface area contributed by atoms with E-state index in [1.54, 1.807) is 7.11 Å². The lowest BCUT2D eigenvalue weighted by molar-refractivity contribution is -0.136. The minimum atomic E-state index is -0.782. The Bertz CT molecular complexity index is 1150. The number of benzene rings is 3. The third-order valence-electron chi connectivity index (χ3n) is 5.02. The van der Waals surface area contributed by atoms with Crippen molar-refractivity contribution in [2.75, 3.05) is 7.11 Å². The van der Waals surface area contributed by atoms with E-state index in [0.29, 0.717) is 13.0 Å². The summed E-state index contributed by atoms with van der Waals surface area (Å²) in [5.74, 6) is 0.0539. The molecule has 0 fully saturated rings. The van der Waals surface area contributed by atoms with Crippen molar-refractivity contribution in [2.45, 2.75) is 19.4 Å². The SMILES string of the molecule is COc1ccc(Cn2cnc3cccc(-c4cccc(CCC(=O)O)c4)c32)cc1. The van der Waals surface area contributed by atoms with Crippen LogP contribution in [-0.4, -0.2) is 27.7 Å². The number of carboxylic acid groups (broad SMARTS) is 1. The highest BCUT2D eigenvalue weighted by atomic mass is 16.5. The quantitative estimate of drug-likeness (QED) is 0.497. The minimum Gasteiger partial charge on any atom is -0.497 e. The first kappa shape index (κ1) is 18.7. The van der Waals surface area contributed by atoms with Gasteiger partial charge in [0.2, 0.25) is 0 Å². The highest BCUT2D eigenvalue weighted by Gasteiger charge is 2.11. The lowest BCUT2D eigenvalue weighted by Gasteiger charge is -2.11. The van der Waals surface area contributed by atoms with Crippen LogP contribution in [0, 0.1) is 0 Å². The number of nitrogens with zero attached hydrogens (tertiary/aromatic N) is 2. The van der Waals surface area contributed by atoms with Crippen molar-refractivity contribution < 1.29 is 14.6 Å². The third-order valence-corrected chi connectivity index (χ3v) is 5.02. The van der Waals surface area contributed by atoms with Crippen molar-refractivity contribution in [1.82, 2.24) is 9.55 Å². The van der Waals surface area contributed by atoms with Gasteiger partial charge in [-0.1, -0.05) is 48.5 Å². The van der Waals surface area contributed by atoms with Gasteiger partial charge in [0, 0.05) is 18.5 Å². The van der Waals surface area contributed by atoms with Crippen molar-refractivity contribution in [3.63, 3.8) is 0 Å². The molecule has 146 valence electrons. The van der Waals surface area contributed by atoms with E-state index in [-0.39, 0.29) is 6.42 Å². The number of imidazole rings is 1. The molecule has 29 heavy (non-hydrogen) atoms. The molecular weight excluding hydrogens is 364 g/mol. The molecule has 0 bridgehead atoms. The molecule has 0 aliphatic rings. The molecular formula is C24H22N2O3. The first-order valence-corrected chi connectivity index (χ1v) is 9.52. The van der Waals surface area contributed by atoms with Gasteiger partial charge >= 0.3 is 5.97 Å². The maximum Gasteiger partial charge on any atom is 0.303 e. The number of para-hydroxylation sites is 1. The second kappa shape index (κ2) is 8.19. The first-order valence-electron chi connectivity index (χ1n) is 9.52. The summed E-state index contributed by atoms with van der Waals surface area (Å²) in [4.78, 5) is 15.5. The number of rotatable bonds is 7. The third kappa shape index (κ3) is 4.14. The Morgan fingerprint density at radius 3 is 2.59 bits per heavy atom. The number of aromatic nitrogens is 2. The Balaban J connectivity index is 1.71. The van der Waals surface area contributed by atoms with Gasteiger partial charge in [-0.2, -0.15) is 0 Å². The Morgan fingerprint density at radius 2 is 1.83 bits per heavy atom. The van der Waals surface area contributed by atoms with Crippen LogP contribution >= 0.6 is 0 Å². The molecule has 0 spiro atoms. The smallest absolute Gasteiger partial charge is 0.303 e. The molecule has 0 unspecified atom stereocenters. The van der Waals surface area contributed by atoms with Crippen LogP contribution in [-0.2, 0) is 17.8 Å². The summed E-state index contributed by atoms with van der Waals surface area (Å²) in [6, 6.07) is 22.2.